The number of fused-ring (bicyclic) bond motifs is 2. The molecule has 0 amide bonds. The molecule has 37 heavy (non-hydrogen) atoms. The lowest BCUT2D eigenvalue weighted by Crippen LogP contribution is -2.15. The molecular weight excluding hydrogens is 485 g/mol. The Morgan fingerprint density at radius 2 is 1.95 bits per heavy atom. The minimum absolute atomic E-state index is 0.114. The quantitative estimate of drug-likeness (QED) is 0.225. The van der Waals surface area contributed by atoms with Crippen molar-refractivity contribution in [3.05, 3.63) is 77.8 Å². The Hall–Kier alpha value is -4.37. The minimum Gasteiger partial charge on any atom is -0.358 e. The highest BCUT2D eigenvalue weighted by atomic mass is 32.1. The molecule has 5 aromatic heterocycles. The van der Waals surface area contributed by atoms with Gasteiger partial charge in [-0.25, -0.2) is 14.4 Å². The van der Waals surface area contributed by atoms with Crippen LogP contribution in [0.2, 0.25) is 0 Å². The van der Waals surface area contributed by atoms with Crippen LogP contribution in [0.4, 0.5) is 10.1 Å². The summed E-state index contributed by atoms with van der Waals surface area (Å²) < 4.78 is 15.2. The van der Waals surface area contributed by atoms with Gasteiger partial charge in [0.1, 0.15) is 11.2 Å². The topological polar surface area (TPSA) is 95.2 Å². The molecule has 0 bridgehead atoms. The second-order valence-electron chi connectivity index (χ2n) is 9.92. The first-order chi connectivity index (χ1) is 17.8. The Kier molecular flexibility index (Phi) is 5.38. The summed E-state index contributed by atoms with van der Waals surface area (Å²) in [6.45, 7) is 10.4. The van der Waals surface area contributed by atoms with E-state index in [0.717, 1.165) is 33.6 Å². The lowest BCUT2D eigenvalue weighted by atomic mass is 9.93. The third-order valence-electron chi connectivity index (χ3n) is 6.35. The number of benzene rings is 1. The van der Waals surface area contributed by atoms with E-state index in [0.29, 0.717) is 28.1 Å². The molecule has 0 aliphatic heterocycles. The molecule has 9 heteroatoms. The number of allylic oxidation sites excluding steroid dienone is 1. The van der Waals surface area contributed by atoms with E-state index in [-0.39, 0.29) is 10.9 Å². The summed E-state index contributed by atoms with van der Waals surface area (Å²) in [6, 6.07) is 9.32. The maximum atomic E-state index is 15.2. The van der Waals surface area contributed by atoms with Crippen LogP contribution in [0.1, 0.15) is 20.8 Å². The van der Waals surface area contributed by atoms with Crippen molar-refractivity contribution < 1.29 is 4.39 Å². The summed E-state index contributed by atoms with van der Waals surface area (Å²) in [5.74, 6) is 0.111. The molecule has 0 radical (unpaired) electrons. The Morgan fingerprint density at radius 3 is 2.73 bits per heavy atom. The SMILES string of the molecule is C=C(Nc1cncc(-c2cc(F)c3n[nH]c(-c4nc5nccc(-c6ccsc6)c5[nH]4)c3c2)c1)C(C)(C)C. The van der Waals surface area contributed by atoms with Crippen molar-refractivity contribution in [2.24, 2.45) is 5.41 Å². The maximum Gasteiger partial charge on any atom is 0.178 e. The van der Waals surface area contributed by atoms with E-state index in [2.05, 4.69) is 74.2 Å². The van der Waals surface area contributed by atoms with Crippen LogP contribution in [0.15, 0.2) is 72.0 Å². The van der Waals surface area contributed by atoms with Crippen molar-refractivity contribution in [1.82, 2.24) is 30.1 Å². The molecule has 0 fully saturated rings. The van der Waals surface area contributed by atoms with Crippen molar-refractivity contribution in [3.63, 3.8) is 0 Å². The van der Waals surface area contributed by atoms with Crippen LogP contribution in [-0.4, -0.2) is 30.1 Å². The maximum absolute atomic E-state index is 15.2. The largest absolute Gasteiger partial charge is 0.358 e. The van der Waals surface area contributed by atoms with E-state index < -0.39 is 5.82 Å². The van der Waals surface area contributed by atoms with E-state index >= 15 is 4.39 Å². The van der Waals surface area contributed by atoms with Gasteiger partial charge >= 0.3 is 0 Å². The van der Waals surface area contributed by atoms with Gasteiger partial charge in [-0.15, -0.1) is 0 Å². The first-order valence-electron chi connectivity index (χ1n) is 11.7. The lowest BCUT2D eigenvalue weighted by molar-refractivity contribution is 0.509. The van der Waals surface area contributed by atoms with Crippen LogP contribution >= 0.6 is 11.3 Å². The fourth-order valence-electron chi connectivity index (χ4n) is 4.14. The van der Waals surface area contributed by atoms with Crippen molar-refractivity contribution in [1.29, 1.82) is 0 Å². The minimum atomic E-state index is -0.430. The average Bonchev–Trinajstić information content (AvgIpc) is 3.62. The lowest BCUT2D eigenvalue weighted by Gasteiger charge is -2.23. The molecule has 0 unspecified atom stereocenters. The number of H-pyrrole nitrogens is 2. The molecule has 184 valence electrons. The zero-order valence-corrected chi connectivity index (χ0v) is 21.4. The van der Waals surface area contributed by atoms with Gasteiger partial charge < -0.3 is 10.3 Å². The van der Waals surface area contributed by atoms with Gasteiger partial charge in [-0.05, 0) is 52.2 Å². The van der Waals surface area contributed by atoms with Crippen LogP contribution in [-0.2, 0) is 0 Å². The molecule has 5 heterocycles. The average molecular weight is 510 g/mol. The first-order valence-corrected chi connectivity index (χ1v) is 12.7. The van der Waals surface area contributed by atoms with Crippen LogP contribution in [0.25, 0.3) is 55.8 Å². The number of aromatic amines is 2. The van der Waals surface area contributed by atoms with E-state index in [1.807, 2.05) is 23.6 Å². The smallest absolute Gasteiger partial charge is 0.178 e. The number of pyridine rings is 2. The van der Waals surface area contributed by atoms with Gasteiger partial charge in [0.25, 0.3) is 0 Å². The molecule has 7 nitrogen and oxygen atoms in total. The number of thiophene rings is 1. The predicted molar refractivity (Wildman–Crippen MR) is 148 cm³/mol. The Morgan fingerprint density at radius 1 is 1.08 bits per heavy atom. The molecule has 6 aromatic rings. The third-order valence-corrected chi connectivity index (χ3v) is 7.03. The molecule has 0 aliphatic rings. The van der Waals surface area contributed by atoms with Gasteiger partial charge in [0.2, 0.25) is 0 Å². The summed E-state index contributed by atoms with van der Waals surface area (Å²) in [5.41, 5.74) is 7.32. The van der Waals surface area contributed by atoms with Gasteiger partial charge in [0, 0.05) is 40.0 Å². The zero-order chi connectivity index (χ0) is 25.7. The zero-order valence-electron chi connectivity index (χ0n) is 20.6. The van der Waals surface area contributed by atoms with Crippen LogP contribution in [0.3, 0.4) is 0 Å². The van der Waals surface area contributed by atoms with E-state index in [4.69, 9.17) is 0 Å². The van der Waals surface area contributed by atoms with Crippen LogP contribution in [0, 0.1) is 11.2 Å². The van der Waals surface area contributed by atoms with E-state index in [1.165, 1.54) is 6.07 Å². The molecule has 0 atom stereocenters. The van der Waals surface area contributed by atoms with Crippen LogP contribution in [0.5, 0.6) is 0 Å². The number of anilines is 1. The fourth-order valence-corrected chi connectivity index (χ4v) is 4.79. The van der Waals surface area contributed by atoms with Crippen molar-refractivity contribution in [3.8, 4) is 33.8 Å². The number of rotatable bonds is 5. The van der Waals surface area contributed by atoms with E-state index in [1.54, 1.807) is 29.9 Å². The number of nitrogens with zero attached hydrogens (tertiary/aromatic N) is 4. The predicted octanol–water partition coefficient (Wildman–Crippen LogP) is 7.40. The number of hydrogen-bond donors (Lipinski definition) is 3. The fraction of sp³-hybridized carbons (Fsp3) is 0.143. The number of nitrogens with one attached hydrogen (secondary N) is 3. The summed E-state index contributed by atoms with van der Waals surface area (Å²) in [4.78, 5) is 16.9. The second kappa shape index (κ2) is 8.63. The summed E-state index contributed by atoms with van der Waals surface area (Å²) >= 11 is 1.63. The van der Waals surface area contributed by atoms with Crippen LogP contribution < -0.4 is 5.32 Å². The van der Waals surface area contributed by atoms with Gasteiger partial charge in [-0.2, -0.15) is 16.4 Å². The number of imidazole rings is 1. The molecule has 0 spiro atoms. The van der Waals surface area contributed by atoms with Crippen molar-refractivity contribution in [2.45, 2.75) is 20.8 Å². The number of halogens is 1. The normalized spacial score (nSPS) is 11.9. The highest BCUT2D eigenvalue weighted by molar-refractivity contribution is 7.08. The monoisotopic (exact) mass is 509 g/mol. The highest BCUT2D eigenvalue weighted by Gasteiger charge is 2.19. The van der Waals surface area contributed by atoms with Gasteiger partial charge in [-0.3, -0.25) is 10.1 Å². The summed E-state index contributed by atoms with van der Waals surface area (Å²) in [5, 5.41) is 15.3. The summed E-state index contributed by atoms with van der Waals surface area (Å²) in [6.07, 6.45) is 5.18. The Balaban J connectivity index is 1.43. The van der Waals surface area contributed by atoms with Crippen molar-refractivity contribution in [2.75, 3.05) is 5.32 Å². The van der Waals surface area contributed by atoms with Gasteiger partial charge in [0.15, 0.2) is 17.3 Å². The van der Waals surface area contributed by atoms with Gasteiger partial charge in [-0.1, -0.05) is 27.4 Å². The molecule has 1 aromatic carbocycles. The Labute approximate surface area is 216 Å². The van der Waals surface area contributed by atoms with E-state index in [9.17, 15) is 0 Å². The number of hydrogen-bond acceptors (Lipinski definition) is 6. The number of aromatic nitrogens is 6. The molecule has 0 saturated carbocycles. The first kappa shape index (κ1) is 23.1. The molecule has 0 saturated heterocycles. The molecule has 6 rings (SSSR count). The third kappa shape index (κ3) is 4.17. The molecule has 0 aliphatic carbocycles. The van der Waals surface area contributed by atoms with Gasteiger partial charge in [0.05, 0.1) is 17.4 Å². The second-order valence-corrected chi connectivity index (χ2v) is 10.7. The summed E-state index contributed by atoms with van der Waals surface area (Å²) in [7, 11) is 0. The van der Waals surface area contributed by atoms with Crippen molar-refractivity contribution >= 4 is 39.1 Å². The standard InChI is InChI=1S/C28H24FN7S/c1-15(28(2,3)4)32-19-9-18(12-30-13-19)17-10-21-23(22(29)11-17)35-36-25(21)27-33-24-20(16-6-8-37-14-16)5-7-31-26(24)34-27/h5-14,32H,1H2,2-4H3,(H,35,36)(H,31,33,34). The molecule has 3 N–H and O–H groups in total. The highest BCUT2D eigenvalue weighted by Crippen LogP contribution is 2.35. The molecular formula is C28H24FN7S. The Bertz CT molecular complexity index is 1770.